The van der Waals surface area contributed by atoms with Crippen molar-refractivity contribution in [1.82, 2.24) is 10.1 Å². The number of nitrogens with two attached hydrogens (primary N) is 1. The highest BCUT2D eigenvalue weighted by atomic mass is 79.9. The van der Waals surface area contributed by atoms with Crippen molar-refractivity contribution in [3.63, 3.8) is 0 Å². The first-order chi connectivity index (χ1) is 13.3. The molecule has 0 bridgehead atoms. The summed E-state index contributed by atoms with van der Waals surface area (Å²) in [6.07, 6.45) is 0. The van der Waals surface area contributed by atoms with E-state index in [1.165, 1.54) is 12.1 Å². The Morgan fingerprint density at radius 3 is 2.75 bits per heavy atom. The molecule has 1 aromatic heterocycles. The van der Waals surface area contributed by atoms with E-state index in [1.54, 1.807) is 31.4 Å². The highest BCUT2D eigenvalue weighted by Gasteiger charge is 2.18. The van der Waals surface area contributed by atoms with Crippen LogP contribution in [0.15, 0.2) is 56.4 Å². The van der Waals surface area contributed by atoms with Gasteiger partial charge < -0.3 is 14.0 Å². The highest BCUT2D eigenvalue weighted by molar-refractivity contribution is 9.10. The van der Waals surface area contributed by atoms with Gasteiger partial charge in [0.15, 0.2) is 6.61 Å². The number of esters is 1. The van der Waals surface area contributed by atoms with Gasteiger partial charge in [0.05, 0.1) is 17.6 Å². The molecule has 11 heteroatoms. The molecule has 1 heterocycles. The summed E-state index contributed by atoms with van der Waals surface area (Å²) in [5.41, 5.74) is 0.670. The molecule has 0 spiro atoms. The number of ether oxygens (including phenoxy) is 2. The Morgan fingerprint density at radius 2 is 2.04 bits per heavy atom. The van der Waals surface area contributed by atoms with E-state index in [-0.39, 0.29) is 23.0 Å². The minimum atomic E-state index is -3.96. The van der Waals surface area contributed by atoms with Crippen molar-refractivity contribution < 1.29 is 27.2 Å². The van der Waals surface area contributed by atoms with E-state index in [1.807, 2.05) is 0 Å². The fourth-order valence-corrected chi connectivity index (χ4v) is 3.18. The lowest BCUT2D eigenvalue weighted by molar-refractivity contribution is 0.0428. The first-order valence-corrected chi connectivity index (χ1v) is 10.1. The molecule has 0 aliphatic rings. The monoisotopic (exact) mass is 467 g/mol. The minimum absolute atomic E-state index is 0.000871. The Bertz CT molecular complexity index is 1130. The average Bonchev–Trinajstić information content (AvgIpc) is 3.14. The molecule has 3 rings (SSSR count). The number of aromatic nitrogens is 2. The van der Waals surface area contributed by atoms with Crippen LogP contribution >= 0.6 is 15.9 Å². The Labute approximate surface area is 168 Å². The van der Waals surface area contributed by atoms with Crippen LogP contribution in [-0.4, -0.2) is 31.6 Å². The molecule has 0 aliphatic heterocycles. The molecule has 28 heavy (non-hydrogen) atoms. The molecule has 0 unspecified atom stereocenters. The van der Waals surface area contributed by atoms with Crippen molar-refractivity contribution >= 4 is 31.9 Å². The van der Waals surface area contributed by atoms with Crippen LogP contribution in [0.3, 0.4) is 0 Å². The van der Waals surface area contributed by atoms with Gasteiger partial charge in [-0.3, -0.25) is 0 Å². The number of sulfonamides is 1. The average molecular weight is 468 g/mol. The van der Waals surface area contributed by atoms with Crippen molar-refractivity contribution in [2.45, 2.75) is 11.5 Å². The summed E-state index contributed by atoms with van der Waals surface area (Å²) in [5, 5.41) is 8.92. The van der Waals surface area contributed by atoms with E-state index < -0.39 is 16.0 Å². The number of nitrogens with zero attached hydrogens (tertiary/aromatic N) is 2. The topological polar surface area (TPSA) is 135 Å². The fraction of sp³-hybridized carbons (Fsp3) is 0.118. The van der Waals surface area contributed by atoms with Crippen molar-refractivity contribution in [2.75, 3.05) is 7.11 Å². The van der Waals surface area contributed by atoms with E-state index in [0.29, 0.717) is 21.6 Å². The summed E-state index contributed by atoms with van der Waals surface area (Å²) in [7, 11) is -2.41. The van der Waals surface area contributed by atoms with Gasteiger partial charge in [-0.2, -0.15) is 4.98 Å². The van der Waals surface area contributed by atoms with Gasteiger partial charge >= 0.3 is 5.97 Å². The lowest BCUT2D eigenvalue weighted by Crippen LogP contribution is -2.14. The second-order valence-corrected chi connectivity index (χ2v) is 7.92. The predicted molar refractivity (Wildman–Crippen MR) is 101 cm³/mol. The molecule has 0 saturated heterocycles. The second-order valence-electron chi connectivity index (χ2n) is 5.51. The molecule has 2 N–H and O–H groups in total. The summed E-state index contributed by atoms with van der Waals surface area (Å²) < 4.78 is 38.6. The fourth-order valence-electron chi connectivity index (χ4n) is 2.24. The Hall–Kier alpha value is -2.76. The number of halogens is 1. The third-order valence-corrected chi connectivity index (χ3v) is 5.21. The van der Waals surface area contributed by atoms with Gasteiger partial charge in [-0.05, 0) is 46.3 Å². The highest BCUT2D eigenvalue weighted by Crippen LogP contribution is 2.23. The first kappa shape index (κ1) is 20.0. The molecule has 0 aliphatic carbocycles. The number of benzene rings is 2. The van der Waals surface area contributed by atoms with Crippen molar-refractivity contribution in [2.24, 2.45) is 5.14 Å². The number of hydrogen-bond acceptors (Lipinski definition) is 8. The van der Waals surface area contributed by atoms with Crippen LogP contribution in [0.2, 0.25) is 0 Å². The maximum atomic E-state index is 12.3. The van der Waals surface area contributed by atoms with Crippen LogP contribution in [0.25, 0.3) is 11.4 Å². The van der Waals surface area contributed by atoms with Crippen LogP contribution in [0, 0.1) is 0 Å². The van der Waals surface area contributed by atoms with Gasteiger partial charge in [0.2, 0.25) is 15.8 Å². The summed E-state index contributed by atoms with van der Waals surface area (Å²) in [6, 6.07) is 10.9. The largest absolute Gasteiger partial charge is 0.497 e. The van der Waals surface area contributed by atoms with Crippen LogP contribution in [0.5, 0.6) is 5.75 Å². The zero-order valence-electron chi connectivity index (χ0n) is 14.5. The number of rotatable bonds is 6. The van der Waals surface area contributed by atoms with Crippen LogP contribution in [0.4, 0.5) is 0 Å². The quantitative estimate of drug-likeness (QED) is 0.546. The molecule has 0 radical (unpaired) electrons. The zero-order chi connectivity index (χ0) is 20.3. The van der Waals surface area contributed by atoms with Gasteiger partial charge in [-0.15, -0.1) is 0 Å². The number of hydrogen-bond donors (Lipinski definition) is 1. The van der Waals surface area contributed by atoms with Crippen molar-refractivity contribution in [3.05, 3.63) is 58.4 Å². The van der Waals surface area contributed by atoms with Crippen molar-refractivity contribution in [3.8, 4) is 17.1 Å². The Morgan fingerprint density at radius 1 is 1.25 bits per heavy atom. The molecule has 2 aromatic carbocycles. The third-order valence-electron chi connectivity index (χ3n) is 3.61. The van der Waals surface area contributed by atoms with Crippen LogP contribution < -0.4 is 9.88 Å². The second kappa shape index (κ2) is 8.09. The van der Waals surface area contributed by atoms with Crippen LogP contribution in [-0.2, 0) is 21.4 Å². The number of carbonyl (C=O) groups excluding carboxylic acids is 1. The Balaban J connectivity index is 1.73. The predicted octanol–water partition coefficient (Wildman–Crippen LogP) is 2.51. The Kier molecular flexibility index (Phi) is 5.77. The SMILES string of the molecule is COc1cccc(-c2noc(COC(=O)c3cc(S(N)(=O)=O)ccc3Br)n2)c1. The van der Waals surface area contributed by atoms with Crippen molar-refractivity contribution in [1.29, 1.82) is 0 Å². The molecular weight excluding hydrogens is 454 g/mol. The number of methoxy groups -OCH3 is 1. The minimum Gasteiger partial charge on any atom is -0.497 e. The van der Waals surface area contributed by atoms with E-state index in [0.717, 1.165) is 6.07 Å². The lowest BCUT2D eigenvalue weighted by Gasteiger charge is -2.06. The summed E-state index contributed by atoms with van der Waals surface area (Å²) in [4.78, 5) is 16.2. The smallest absolute Gasteiger partial charge is 0.339 e. The van der Waals surface area contributed by atoms with Gasteiger partial charge in [0, 0.05) is 10.0 Å². The van der Waals surface area contributed by atoms with E-state index >= 15 is 0 Å². The standard InChI is InChI=1S/C17H14BrN3O6S/c1-25-11-4-2-3-10(7-11)16-20-15(27-21-16)9-26-17(22)13-8-12(28(19,23)24)5-6-14(13)18/h2-8H,9H2,1H3,(H2,19,23,24). The molecular formula is C17H14BrN3O6S. The molecule has 0 amide bonds. The molecule has 146 valence electrons. The molecule has 0 atom stereocenters. The summed E-state index contributed by atoms with van der Waals surface area (Å²) in [5.74, 6) is 0.237. The molecule has 0 fully saturated rings. The van der Waals surface area contributed by atoms with Gasteiger partial charge in [-0.1, -0.05) is 17.3 Å². The summed E-state index contributed by atoms with van der Waals surface area (Å²) in [6.45, 7) is -0.290. The van der Waals surface area contributed by atoms with Crippen LogP contribution in [0.1, 0.15) is 16.2 Å². The zero-order valence-corrected chi connectivity index (χ0v) is 16.9. The maximum Gasteiger partial charge on any atom is 0.339 e. The van der Waals surface area contributed by atoms with Gasteiger partial charge in [0.25, 0.3) is 5.89 Å². The van der Waals surface area contributed by atoms with Gasteiger partial charge in [0.1, 0.15) is 5.75 Å². The third kappa shape index (κ3) is 4.55. The molecule has 3 aromatic rings. The number of carbonyl (C=O) groups is 1. The summed E-state index contributed by atoms with van der Waals surface area (Å²) >= 11 is 3.17. The molecule has 9 nitrogen and oxygen atoms in total. The van der Waals surface area contributed by atoms with E-state index in [2.05, 4.69) is 26.1 Å². The molecule has 0 saturated carbocycles. The van der Waals surface area contributed by atoms with Gasteiger partial charge in [-0.25, -0.2) is 18.4 Å². The maximum absolute atomic E-state index is 12.3. The lowest BCUT2D eigenvalue weighted by atomic mass is 10.2. The number of primary sulfonamides is 1. The first-order valence-electron chi connectivity index (χ1n) is 7.74. The van der Waals surface area contributed by atoms with E-state index in [9.17, 15) is 13.2 Å². The van der Waals surface area contributed by atoms with E-state index in [4.69, 9.17) is 19.1 Å². The normalized spacial score (nSPS) is 11.2.